The van der Waals surface area contributed by atoms with Crippen LogP contribution in [0.25, 0.3) is 39.1 Å². The van der Waals surface area contributed by atoms with Crippen LogP contribution in [0.2, 0.25) is 0 Å². The molecule has 1 amide bonds. The highest BCUT2D eigenvalue weighted by atomic mass is 16.3. The molecule has 0 aliphatic carbocycles. The molecule has 0 unspecified atom stereocenters. The van der Waals surface area contributed by atoms with Gasteiger partial charge in [-0.3, -0.25) is 14.3 Å². The Morgan fingerprint density at radius 2 is 1.68 bits per heavy atom. The summed E-state index contributed by atoms with van der Waals surface area (Å²) in [6, 6.07) is 23.6. The van der Waals surface area contributed by atoms with Crippen LogP contribution in [0.15, 0.2) is 85.3 Å². The highest BCUT2D eigenvalue weighted by Gasteiger charge is 2.18. The number of aromatic nitrogens is 3. The van der Waals surface area contributed by atoms with Crippen molar-refractivity contribution in [1.29, 1.82) is 0 Å². The van der Waals surface area contributed by atoms with E-state index < -0.39 is 5.91 Å². The molecule has 6 rings (SSSR count). The zero-order chi connectivity index (χ0) is 25.4. The van der Waals surface area contributed by atoms with E-state index in [4.69, 9.17) is 5.73 Å². The topological polar surface area (TPSA) is 97.3 Å². The lowest BCUT2D eigenvalue weighted by atomic mass is 9.97. The van der Waals surface area contributed by atoms with Crippen LogP contribution in [0.1, 0.15) is 28.8 Å². The summed E-state index contributed by atoms with van der Waals surface area (Å²) < 4.78 is 1.74. The number of rotatable bonds is 6. The molecular weight excluding hydrogens is 462 g/mol. The van der Waals surface area contributed by atoms with Gasteiger partial charge in [0.15, 0.2) is 5.75 Å². The summed E-state index contributed by atoms with van der Waals surface area (Å²) >= 11 is 0. The molecule has 2 aromatic heterocycles. The predicted octanol–water partition coefficient (Wildman–Crippen LogP) is 5.15. The molecule has 5 aromatic rings. The SMILES string of the molecule is NC(=O)c1cccc(-n2cnc3cnc(-c4ccc(-c5ccccc5CN5CCCC5)cc4)c(O)c32)c1. The van der Waals surface area contributed by atoms with E-state index in [-0.39, 0.29) is 5.75 Å². The first-order chi connectivity index (χ1) is 18.1. The summed E-state index contributed by atoms with van der Waals surface area (Å²) in [6.07, 6.45) is 5.80. The molecule has 37 heavy (non-hydrogen) atoms. The van der Waals surface area contributed by atoms with Crippen LogP contribution in [0.3, 0.4) is 0 Å². The molecule has 7 nitrogen and oxygen atoms in total. The number of carbonyl (C=O) groups excluding carboxylic acids is 1. The predicted molar refractivity (Wildman–Crippen MR) is 144 cm³/mol. The highest BCUT2D eigenvalue weighted by Crippen LogP contribution is 2.36. The van der Waals surface area contributed by atoms with Gasteiger partial charge in [-0.05, 0) is 60.8 Å². The number of hydrogen-bond donors (Lipinski definition) is 2. The molecule has 0 atom stereocenters. The third-order valence-electron chi connectivity index (χ3n) is 7.05. The highest BCUT2D eigenvalue weighted by molar-refractivity contribution is 5.94. The van der Waals surface area contributed by atoms with Gasteiger partial charge in [-0.25, -0.2) is 9.97 Å². The van der Waals surface area contributed by atoms with Crippen molar-refractivity contribution in [2.75, 3.05) is 13.1 Å². The van der Waals surface area contributed by atoms with Gasteiger partial charge in [-0.15, -0.1) is 0 Å². The van der Waals surface area contributed by atoms with Crippen molar-refractivity contribution in [3.05, 3.63) is 96.4 Å². The van der Waals surface area contributed by atoms with Crippen molar-refractivity contribution in [2.45, 2.75) is 19.4 Å². The molecule has 1 fully saturated rings. The molecule has 0 radical (unpaired) electrons. The molecule has 0 saturated carbocycles. The first kappa shape index (κ1) is 22.9. The summed E-state index contributed by atoms with van der Waals surface area (Å²) in [5.41, 5.74) is 12.5. The maximum absolute atomic E-state index is 11.7. The average molecular weight is 490 g/mol. The lowest BCUT2D eigenvalue weighted by Crippen LogP contribution is -2.18. The van der Waals surface area contributed by atoms with Crippen LogP contribution in [0.5, 0.6) is 5.75 Å². The lowest BCUT2D eigenvalue weighted by molar-refractivity contribution is 0.1000. The average Bonchev–Trinajstić information content (AvgIpc) is 3.60. The van der Waals surface area contributed by atoms with E-state index in [2.05, 4.69) is 51.3 Å². The largest absolute Gasteiger partial charge is 0.504 e. The summed E-state index contributed by atoms with van der Waals surface area (Å²) in [5, 5.41) is 11.3. The van der Waals surface area contributed by atoms with Gasteiger partial charge in [-0.1, -0.05) is 54.6 Å². The Bertz CT molecular complexity index is 1600. The molecule has 184 valence electrons. The smallest absolute Gasteiger partial charge is 0.248 e. The maximum atomic E-state index is 11.7. The Kier molecular flexibility index (Phi) is 5.90. The third kappa shape index (κ3) is 4.34. The minimum Gasteiger partial charge on any atom is -0.504 e. The summed E-state index contributed by atoms with van der Waals surface area (Å²) in [5.74, 6) is -0.485. The van der Waals surface area contributed by atoms with Crippen molar-refractivity contribution in [3.8, 4) is 33.8 Å². The second kappa shape index (κ2) is 9.52. The van der Waals surface area contributed by atoms with Gasteiger partial charge in [0.2, 0.25) is 5.91 Å². The number of pyridine rings is 1. The van der Waals surface area contributed by atoms with Gasteiger partial charge >= 0.3 is 0 Å². The van der Waals surface area contributed by atoms with E-state index in [1.165, 1.54) is 24.0 Å². The van der Waals surface area contributed by atoms with Gasteiger partial charge in [0.25, 0.3) is 0 Å². The first-order valence-electron chi connectivity index (χ1n) is 12.4. The van der Waals surface area contributed by atoms with Crippen molar-refractivity contribution in [1.82, 2.24) is 19.4 Å². The van der Waals surface area contributed by atoms with Gasteiger partial charge in [0.1, 0.15) is 23.1 Å². The second-order valence-corrected chi connectivity index (χ2v) is 9.44. The fourth-order valence-electron chi connectivity index (χ4n) is 5.14. The molecular formula is C30H27N5O2. The number of nitrogens with zero attached hydrogens (tertiary/aromatic N) is 4. The normalized spacial score (nSPS) is 13.8. The number of hydrogen-bond acceptors (Lipinski definition) is 5. The van der Waals surface area contributed by atoms with E-state index >= 15 is 0 Å². The molecule has 3 aromatic carbocycles. The molecule has 3 heterocycles. The Balaban J connectivity index is 1.36. The van der Waals surface area contributed by atoms with Gasteiger partial charge < -0.3 is 10.8 Å². The van der Waals surface area contributed by atoms with Crippen molar-refractivity contribution >= 4 is 16.9 Å². The minimum atomic E-state index is -0.514. The zero-order valence-corrected chi connectivity index (χ0v) is 20.3. The van der Waals surface area contributed by atoms with Gasteiger partial charge in [0, 0.05) is 23.4 Å². The number of benzene rings is 3. The second-order valence-electron chi connectivity index (χ2n) is 9.44. The standard InChI is InChI=1S/C30H27N5O2/c31-30(37)22-7-5-8-24(16-22)35-19-33-26-17-32-27(29(36)28(26)35)21-12-10-20(11-13-21)25-9-2-1-6-23(25)18-34-14-3-4-15-34/h1-2,5-13,16-17,19,36H,3-4,14-15,18H2,(H2,31,37). The van der Waals surface area contributed by atoms with Crippen LogP contribution in [-0.2, 0) is 6.54 Å². The monoisotopic (exact) mass is 489 g/mol. The molecule has 0 bridgehead atoms. The van der Waals surface area contributed by atoms with Gasteiger partial charge in [-0.2, -0.15) is 0 Å². The number of amides is 1. The van der Waals surface area contributed by atoms with E-state index in [1.54, 1.807) is 35.3 Å². The van der Waals surface area contributed by atoms with E-state index in [0.29, 0.717) is 28.0 Å². The molecule has 3 N–H and O–H groups in total. The van der Waals surface area contributed by atoms with Crippen molar-refractivity contribution in [3.63, 3.8) is 0 Å². The number of primary amides is 1. The number of aromatic hydroxyl groups is 1. The summed E-state index contributed by atoms with van der Waals surface area (Å²) in [4.78, 5) is 23.1. The molecule has 1 aliphatic heterocycles. The van der Waals surface area contributed by atoms with Crippen molar-refractivity contribution in [2.24, 2.45) is 5.73 Å². The Morgan fingerprint density at radius 3 is 2.46 bits per heavy atom. The molecule has 1 aliphatic rings. The first-order valence-corrected chi connectivity index (χ1v) is 12.4. The Morgan fingerprint density at radius 1 is 0.919 bits per heavy atom. The van der Waals surface area contributed by atoms with Crippen LogP contribution < -0.4 is 5.73 Å². The lowest BCUT2D eigenvalue weighted by Gasteiger charge is -2.18. The molecule has 7 heteroatoms. The summed E-state index contributed by atoms with van der Waals surface area (Å²) in [6.45, 7) is 3.27. The van der Waals surface area contributed by atoms with E-state index in [0.717, 1.165) is 30.8 Å². The van der Waals surface area contributed by atoms with E-state index in [9.17, 15) is 9.90 Å². The van der Waals surface area contributed by atoms with Crippen LogP contribution in [0, 0.1) is 0 Å². The molecule has 1 saturated heterocycles. The zero-order valence-electron chi connectivity index (χ0n) is 20.3. The number of carbonyl (C=O) groups is 1. The van der Waals surface area contributed by atoms with E-state index in [1.807, 2.05) is 18.2 Å². The fourth-order valence-corrected chi connectivity index (χ4v) is 5.14. The Labute approximate surface area is 214 Å². The van der Waals surface area contributed by atoms with Crippen LogP contribution in [0.4, 0.5) is 0 Å². The number of fused-ring (bicyclic) bond motifs is 1. The third-order valence-corrected chi connectivity index (χ3v) is 7.05. The number of nitrogens with two attached hydrogens (primary N) is 1. The number of likely N-dealkylation sites (tertiary alicyclic amines) is 1. The van der Waals surface area contributed by atoms with Gasteiger partial charge in [0.05, 0.1) is 6.20 Å². The summed E-state index contributed by atoms with van der Waals surface area (Å²) in [7, 11) is 0. The Hall–Kier alpha value is -4.49. The molecule has 0 spiro atoms. The maximum Gasteiger partial charge on any atom is 0.248 e. The van der Waals surface area contributed by atoms with Crippen molar-refractivity contribution < 1.29 is 9.90 Å². The van der Waals surface area contributed by atoms with Crippen LogP contribution >= 0.6 is 0 Å². The quantitative estimate of drug-likeness (QED) is 0.344. The minimum absolute atomic E-state index is 0.0293. The van der Waals surface area contributed by atoms with Crippen LogP contribution in [-0.4, -0.2) is 43.5 Å². The fraction of sp³-hybridized carbons (Fsp3) is 0.167. The number of imidazole rings is 1.